The van der Waals surface area contributed by atoms with E-state index in [0.717, 1.165) is 27.4 Å². The van der Waals surface area contributed by atoms with E-state index in [9.17, 15) is 13.2 Å². The van der Waals surface area contributed by atoms with E-state index in [-0.39, 0.29) is 10.1 Å². The van der Waals surface area contributed by atoms with Crippen molar-refractivity contribution >= 4 is 61.2 Å². The van der Waals surface area contributed by atoms with Gasteiger partial charge in [-0.2, -0.15) is 0 Å². The zero-order valence-electron chi connectivity index (χ0n) is 21.9. The average molecular weight is 624 g/mol. The molecule has 12 heteroatoms. The number of thiazole rings is 1. The van der Waals surface area contributed by atoms with Gasteiger partial charge < -0.3 is 14.8 Å². The summed E-state index contributed by atoms with van der Waals surface area (Å²) in [5.41, 5.74) is 2.81. The van der Waals surface area contributed by atoms with Gasteiger partial charge in [0.2, 0.25) is 5.91 Å². The molecular formula is C29H25N3O5S4. The number of hydrogen-bond acceptors (Lipinski definition) is 9. The Hall–Kier alpha value is -3.84. The minimum atomic E-state index is -3.64. The van der Waals surface area contributed by atoms with Crippen molar-refractivity contribution in [1.82, 2.24) is 4.98 Å². The second-order valence-electron chi connectivity index (χ2n) is 8.57. The number of thiophene rings is 1. The van der Waals surface area contributed by atoms with E-state index in [1.165, 1.54) is 23.1 Å². The molecule has 2 heterocycles. The molecule has 41 heavy (non-hydrogen) atoms. The monoisotopic (exact) mass is 623 g/mol. The predicted octanol–water partition coefficient (Wildman–Crippen LogP) is 7.16. The number of sulfonamides is 1. The first-order valence-corrected chi connectivity index (χ1v) is 16.4. The Morgan fingerprint density at radius 3 is 2.34 bits per heavy atom. The molecule has 1 amide bonds. The third-order valence-electron chi connectivity index (χ3n) is 5.87. The van der Waals surface area contributed by atoms with Gasteiger partial charge in [0.15, 0.2) is 16.6 Å². The zero-order chi connectivity index (χ0) is 28.8. The number of nitrogens with one attached hydrogen (secondary N) is 2. The number of carbonyl (C=O) groups excluding carboxylic acids is 1. The fourth-order valence-corrected chi connectivity index (χ4v) is 7.69. The molecule has 1 unspecified atom stereocenters. The summed E-state index contributed by atoms with van der Waals surface area (Å²) in [6.45, 7) is 0. The van der Waals surface area contributed by atoms with E-state index in [4.69, 9.17) is 9.47 Å². The van der Waals surface area contributed by atoms with Crippen molar-refractivity contribution in [2.45, 2.75) is 14.4 Å². The van der Waals surface area contributed by atoms with E-state index in [0.29, 0.717) is 28.0 Å². The highest BCUT2D eigenvalue weighted by atomic mass is 32.2. The number of amides is 1. The number of thioether (sulfide) groups is 1. The van der Waals surface area contributed by atoms with Crippen molar-refractivity contribution in [2.24, 2.45) is 0 Å². The molecule has 2 aromatic heterocycles. The molecule has 1 atom stereocenters. The molecule has 210 valence electrons. The second kappa shape index (κ2) is 12.8. The van der Waals surface area contributed by atoms with E-state index in [1.807, 2.05) is 53.9 Å². The van der Waals surface area contributed by atoms with E-state index >= 15 is 0 Å². The smallest absolute Gasteiger partial charge is 0.271 e. The molecule has 0 aliphatic rings. The van der Waals surface area contributed by atoms with Crippen LogP contribution in [0.5, 0.6) is 11.5 Å². The lowest BCUT2D eigenvalue weighted by Gasteiger charge is -2.16. The van der Waals surface area contributed by atoms with Gasteiger partial charge in [-0.15, -0.1) is 34.4 Å². The minimum absolute atomic E-state index is 0.225. The molecular weight excluding hydrogens is 599 g/mol. The largest absolute Gasteiger partial charge is 0.493 e. The van der Waals surface area contributed by atoms with Gasteiger partial charge in [0, 0.05) is 21.5 Å². The standard InChI is InChI=1S/C29H25N3O5S4/c1-36-24-15-10-20(17-25(24)37-2)23-18-39-29(30-23)31-28(33)27(19-7-4-3-5-8-19)40-22-13-11-21(12-14-22)32-41(34,35)26-9-6-16-38-26/h3-18,27,32H,1-2H3,(H,30,31,33). The topological polar surface area (TPSA) is 107 Å². The summed E-state index contributed by atoms with van der Waals surface area (Å²) in [4.78, 5) is 19.0. The number of rotatable bonds is 11. The van der Waals surface area contributed by atoms with Gasteiger partial charge in [-0.3, -0.25) is 9.52 Å². The van der Waals surface area contributed by atoms with Gasteiger partial charge >= 0.3 is 0 Å². The fourth-order valence-electron chi connectivity index (χ4n) is 3.89. The number of anilines is 2. The third-order valence-corrected chi connectivity index (χ3v) is 10.7. The number of carbonyl (C=O) groups is 1. The number of nitrogens with zero attached hydrogens (tertiary/aromatic N) is 1. The van der Waals surface area contributed by atoms with Gasteiger partial charge in [-0.1, -0.05) is 36.4 Å². The molecule has 3 aromatic carbocycles. The van der Waals surface area contributed by atoms with Crippen LogP contribution in [0.15, 0.2) is 105 Å². The summed E-state index contributed by atoms with van der Waals surface area (Å²) in [5, 5.41) is 6.45. The molecule has 8 nitrogen and oxygen atoms in total. The average Bonchev–Trinajstić information content (AvgIpc) is 3.70. The van der Waals surface area contributed by atoms with Crippen LogP contribution in [0.25, 0.3) is 11.3 Å². The second-order valence-corrected chi connectivity index (χ2v) is 13.5. The Labute approximate surface area is 250 Å². The maximum Gasteiger partial charge on any atom is 0.271 e. The highest BCUT2D eigenvalue weighted by molar-refractivity contribution is 8.00. The Kier molecular flexibility index (Phi) is 8.93. The summed E-state index contributed by atoms with van der Waals surface area (Å²) in [7, 11) is -0.487. The van der Waals surface area contributed by atoms with Crippen molar-refractivity contribution in [3.8, 4) is 22.8 Å². The molecule has 0 aliphatic heterocycles. The summed E-state index contributed by atoms with van der Waals surface area (Å²) < 4.78 is 38.6. The lowest BCUT2D eigenvalue weighted by molar-refractivity contribution is -0.115. The van der Waals surface area contributed by atoms with Gasteiger partial charge in [0.1, 0.15) is 9.46 Å². The number of aromatic nitrogens is 1. The molecule has 0 aliphatic carbocycles. The van der Waals surface area contributed by atoms with Gasteiger partial charge in [0.05, 0.1) is 19.9 Å². The first-order valence-electron chi connectivity index (χ1n) is 12.2. The van der Waals surface area contributed by atoms with Crippen LogP contribution in [0.3, 0.4) is 0 Å². The number of methoxy groups -OCH3 is 2. The molecule has 0 fully saturated rings. The van der Waals surface area contributed by atoms with Gasteiger partial charge in [0.25, 0.3) is 10.0 Å². The maximum absolute atomic E-state index is 13.5. The van der Waals surface area contributed by atoms with Crippen LogP contribution in [0.1, 0.15) is 10.8 Å². The van der Waals surface area contributed by atoms with Crippen LogP contribution in [-0.2, 0) is 14.8 Å². The fraction of sp³-hybridized carbons (Fsp3) is 0.103. The molecule has 0 spiro atoms. The van der Waals surface area contributed by atoms with Crippen LogP contribution in [0.4, 0.5) is 10.8 Å². The van der Waals surface area contributed by atoms with Crippen LogP contribution < -0.4 is 19.5 Å². The van der Waals surface area contributed by atoms with Crippen molar-refractivity contribution in [1.29, 1.82) is 0 Å². The van der Waals surface area contributed by atoms with E-state index < -0.39 is 15.3 Å². The summed E-state index contributed by atoms with van der Waals surface area (Å²) in [6, 6.07) is 25.2. The zero-order valence-corrected chi connectivity index (χ0v) is 25.2. The molecule has 5 aromatic rings. The number of ether oxygens (including phenoxy) is 2. The summed E-state index contributed by atoms with van der Waals surface area (Å²) in [6.07, 6.45) is 0. The van der Waals surface area contributed by atoms with Crippen LogP contribution in [0, 0.1) is 0 Å². The predicted molar refractivity (Wildman–Crippen MR) is 166 cm³/mol. The van der Waals surface area contributed by atoms with Crippen molar-refractivity contribution in [2.75, 3.05) is 24.3 Å². The Morgan fingerprint density at radius 2 is 1.66 bits per heavy atom. The molecule has 0 radical (unpaired) electrons. The Balaban J connectivity index is 1.32. The minimum Gasteiger partial charge on any atom is -0.493 e. The number of benzene rings is 3. The molecule has 5 rings (SSSR count). The summed E-state index contributed by atoms with van der Waals surface area (Å²) in [5.74, 6) is 0.988. The van der Waals surface area contributed by atoms with Gasteiger partial charge in [-0.25, -0.2) is 13.4 Å². The maximum atomic E-state index is 13.5. The third kappa shape index (κ3) is 6.91. The highest BCUT2D eigenvalue weighted by Crippen LogP contribution is 2.38. The lowest BCUT2D eigenvalue weighted by atomic mass is 10.1. The quantitative estimate of drug-likeness (QED) is 0.150. The molecule has 0 bridgehead atoms. The SMILES string of the molecule is COc1ccc(-c2csc(NC(=O)C(Sc3ccc(NS(=O)(=O)c4cccs4)cc3)c3ccccc3)n2)cc1OC. The van der Waals surface area contributed by atoms with E-state index in [1.54, 1.807) is 56.0 Å². The normalized spacial score (nSPS) is 12.0. The van der Waals surface area contributed by atoms with Gasteiger partial charge in [-0.05, 0) is 59.5 Å². The van der Waals surface area contributed by atoms with Crippen molar-refractivity contribution in [3.05, 3.63) is 101 Å². The molecule has 2 N–H and O–H groups in total. The number of hydrogen-bond donors (Lipinski definition) is 2. The Bertz CT molecular complexity index is 1720. The van der Waals surface area contributed by atoms with Crippen LogP contribution >= 0.6 is 34.4 Å². The first-order chi connectivity index (χ1) is 19.9. The van der Waals surface area contributed by atoms with Crippen molar-refractivity contribution in [3.63, 3.8) is 0 Å². The first kappa shape index (κ1) is 28.7. The van der Waals surface area contributed by atoms with Crippen LogP contribution in [0.2, 0.25) is 0 Å². The summed E-state index contributed by atoms with van der Waals surface area (Å²) >= 11 is 3.85. The van der Waals surface area contributed by atoms with E-state index in [2.05, 4.69) is 15.0 Å². The van der Waals surface area contributed by atoms with Crippen LogP contribution in [-0.4, -0.2) is 33.5 Å². The molecule has 0 saturated heterocycles. The molecule has 0 saturated carbocycles. The Morgan fingerprint density at radius 1 is 0.902 bits per heavy atom. The van der Waals surface area contributed by atoms with Crippen molar-refractivity contribution < 1.29 is 22.7 Å². The highest BCUT2D eigenvalue weighted by Gasteiger charge is 2.24. The lowest BCUT2D eigenvalue weighted by Crippen LogP contribution is -2.19.